The van der Waals surface area contributed by atoms with Gasteiger partial charge in [0.25, 0.3) is 0 Å². The van der Waals surface area contributed by atoms with Gasteiger partial charge in [-0.3, -0.25) is 0 Å². The number of hydrogen-bond donors (Lipinski definition) is 2. The Kier molecular flexibility index (Phi) is 4.49. The molecule has 1 fully saturated rings. The predicted octanol–water partition coefficient (Wildman–Crippen LogP) is 2.67. The Morgan fingerprint density at radius 2 is 2.17 bits per heavy atom. The van der Waals surface area contributed by atoms with Crippen molar-refractivity contribution in [1.82, 2.24) is 10.6 Å². The number of likely N-dealkylation sites (N-methyl/N-ethyl adjacent to an activating group) is 1. The molecule has 2 rings (SSSR count). The van der Waals surface area contributed by atoms with Crippen LogP contribution in [0, 0.1) is 6.92 Å². The minimum atomic E-state index is 0.221. The fourth-order valence-corrected chi connectivity index (χ4v) is 2.23. The van der Waals surface area contributed by atoms with E-state index in [1.54, 1.807) is 7.11 Å². The van der Waals surface area contributed by atoms with Crippen LogP contribution in [-0.2, 0) is 0 Å². The van der Waals surface area contributed by atoms with Gasteiger partial charge in [-0.05, 0) is 44.5 Å². The molecule has 2 N–H and O–H groups in total. The molecule has 1 saturated carbocycles. The highest BCUT2D eigenvalue weighted by Crippen LogP contribution is 2.31. The van der Waals surface area contributed by atoms with E-state index in [9.17, 15) is 0 Å². The highest BCUT2D eigenvalue weighted by atomic mass is 35.5. The maximum atomic E-state index is 6.22. The summed E-state index contributed by atoms with van der Waals surface area (Å²) in [4.78, 5) is 0. The molecule has 4 heteroatoms. The van der Waals surface area contributed by atoms with Gasteiger partial charge in [0, 0.05) is 29.2 Å². The van der Waals surface area contributed by atoms with E-state index in [-0.39, 0.29) is 6.04 Å². The summed E-state index contributed by atoms with van der Waals surface area (Å²) >= 11 is 6.22. The molecule has 0 aliphatic heterocycles. The first-order valence-corrected chi connectivity index (χ1v) is 6.78. The summed E-state index contributed by atoms with van der Waals surface area (Å²) in [6, 6.07) is 4.93. The van der Waals surface area contributed by atoms with Crippen molar-refractivity contribution in [3.05, 3.63) is 28.3 Å². The second kappa shape index (κ2) is 5.91. The Hall–Kier alpha value is -0.770. The van der Waals surface area contributed by atoms with E-state index in [1.807, 2.05) is 26.1 Å². The number of methoxy groups -OCH3 is 1. The minimum Gasteiger partial charge on any atom is -0.496 e. The van der Waals surface area contributed by atoms with Crippen LogP contribution in [0.15, 0.2) is 12.1 Å². The van der Waals surface area contributed by atoms with E-state index in [0.29, 0.717) is 6.04 Å². The minimum absolute atomic E-state index is 0.221. The zero-order valence-electron chi connectivity index (χ0n) is 11.2. The van der Waals surface area contributed by atoms with E-state index < -0.39 is 0 Å². The van der Waals surface area contributed by atoms with Crippen LogP contribution in [-0.4, -0.2) is 26.7 Å². The molecule has 1 aliphatic rings. The summed E-state index contributed by atoms with van der Waals surface area (Å²) in [5.41, 5.74) is 2.16. The van der Waals surface area contributed by atoms with Crippen LogP contribution in [0.4, 0.5) is 0 Å². The standard InChI is InChI=1S/C14H21ClN2O/c1-9-6-14(18-3)11(7-12(9)15)13(16-2)8-17-10-4-5-10/h6-7,10,13,16-17H,4-5,8H2,1-3H3. The largest absolute Gasteiger partial charge is 0.496 e. The van der Waals surface area contributed by atoms with Crippen LogP contribution in [0.3, 0.4) is 0 Å². The molecule has 1 atom stereocenters. The molecule has 0 bridgehead atoms. The number of benzene rings is 1. The Morgan fingerprint density at radius 3 is 2.72 bits per heavy atom. The maximum Gasteiger partial charge on any atom is 0.124 e. The summed E-state index contributed by atoms with van der Waals surface area (Å²) in [7, 11) is 3.67. The van der Waals surface area contributed by atoms with Gasteiger partial charge in [-0.2, -0.15) is 0 Å². The van der Waals surface area contributed by atoms with Crippen molar-refractivity contribution in [2.24, 2.45) is 0 Å². The van der Waals surface area contributed by atoms with E-state index in [1.165, 1.54) is 12.8 Å². The fourth-order valence-electron chi connectivity index (χ4n) is 2.06. The molecule has 0 radical (unpaired) electrons. The lowest BCUT2D eigenvalue weighted by Gasteiger charge is -2.21. The van der Waals surface area contributed by atoms with Gasteiger partial charge in [-0.15, -0.1) is 0 Å². The normalized spacial score (nSPS) is 16.7. The van der Waals surface area contributed by atoms with Crippen molar-refractivity contribution < 1.29 is 4.74 Å². The quantitative estimate of drug-likeness (QED) is 0.832. The van der Waals surface area contributed by atoms with Crippen LogP contribution >= 0.6 is 11.6 Å². The third kappa shape index (κ3) is 3.16. The Bertz CT molecular complexity index is 419. The molecule has 18 heavy (non-hydrogen) atoms. The van der Waals surface area contributed by atoms with E-state index in [2.05, 4.69) is 10.6 Å². The zero-order valence-corrected chi connectivity index (χ0v) is 12.0. The first-order valence-electron chi connectivity index (χ1n) is 6.40. The number of aryl methyl sites for hydroxylation is 1. The number of nitrogens with one attached hydrogen (secondary N) is 2. The molecule has 0 spiro atoms. The first-order chi connectivity index (χ1) is 8.65. The predicted molar refractivity (Wildman–Crippen MR) is 75.6 cm³/mol. The molecule has 1 unspecified atom stereocenters. The van der Waals surface area contributed by atoms with Crippen LogP contribution < -0.4 is 15.4 Å². The van der Waals surface area contributed by atoms with Crippen LogP contribution in [0.1, 0.15) is 30.0 Å². The summed E-state index contributed by atoms with van der Waals surface area (Å²) in [5.74, 6) is 0.897. The molecule has 100 valence electrons. The van der Waals surface area contributed by atoms with Gasteiger partial charge < -0.3 is 15.4 Å². The summed E-state index contributed by atoms with van der Waals surface area (Å²) in [6.07, 6.45) is 2.59. The second-order valence-electron chi connectivity index (χ2n) is 4.87. The van der Waals surface area contributed by atoms with Gasteiger partial charge in [-0.1, -0.05) is 11.6 Å². The SMILES string of the molecule is CNC(CNC1CC1)c1cc(Cl)c(C)cc1OC. The summed E-state index contributed by atoms with van der Waals surface area (Å²) in [5, 5.41) is 7.64. The van der Waals surface area contributed by atoms with Crippen molar-refractivity contribution in [2.45, 2.75) is 31.8 Å². The number of rotatable bonds is 6. The molecule has 0 saturated heterocycles. The zero-order chi connectivity index (χ0) is 13.1. The lowest BCUT2D eigenvalue weighted by Crippen LogP contribution is -2.31. The molecule has 0 amide bonds. The van der Waals surface area contributed by atoms with Crippen molar-refractivity contribution >= 4 is 11.6 Å². The maximum absolute atomic E-state index is 6.22. The van der Waals surface area contributed by atoms with Gasteiger partial charge in [0.15, 0.2) is 0 Å². The molecule has 1 aliphatic carbocycles. The number of hydrogen-bond acceptors (Lipinski definition) is 3. The average molecular weight is 269 g/mol. The molecular formula is C14H21ClN2O. The Morgan fingerprint density at radius 1 is 1.44 bits per heavy atom. The lowest BCUT2D eigenvalue weighted by atomic mass is 10.0. The van der Waals surface area contributed by atoms with Crippen LogP contribution in [0.2, 0.25) is 5.02 Å². The fraction of sp³-hybridized carbons (Fsp3) is 0.571. The van der Waals surface area contributed by atoms with Gasteiger partial charge in [-0.25, -0.2) is 0 Å². The second-order valence-corrected chi connectivity index (χ2v) is 5.27. The number of ether oxygens (including phenoxy) is 1. The van der Waals surface area contributed by atoms with Gasteiger partial charge in [0.05, 0.1) is 7.11 Å². The smallest absolute Gasteiger partial charge is 0.124 e. The third-order valence-electron chi connectivity index (χ3n) is 3.42. The lowest BCUT2D eigenvalue weighted by molar-refractivity contribution is 0.398. The average Bonchev–Trinajstić information content (AvgIpc) is 3.18. The molecule has 1 aromatic carbocycles. The van der Waals surface area contributed by atoms with Gasteiger partial charge in [0.1, 0.15) is 5.75 Å². The van der Waals surface area contributed by atoms with Gasteiger partial charge in [0.2, 0.25) is 0 Å². The Balaban J connectivity index is 2.18. The van der Waals surface area contributed by atoms with Crippen LogP contribution in [0.5, 0.6) is 5.75 Å². The Labute approximate surface area is 114 Å². The monoisotopic (exact) mass is 268 g/mol. The van der Waals surface area contributed by atoms with Crippen molar-refractivity contribution in [1.29, 1.82) is 0 Å². The highest BCUT2D eigenvalue weighted by Gasteiger charge is 2.23. The molecular weight excluding hydrogens is 248 g/mol. The van der Waals surface area contributed by atoms with Crippen molar-refractivity contribution in [3.8, 4) is 5.75 Å². The van der Waals surface area contributed by atoms with Crippen molar-refractivity contribution in [3.63, 3.8) is 0 Å². The molecule has 3 nitrogen and oxygen atoms in total. The third-order valence-corrected chi connectivity index (χ3v) is 3.83. The number of halogens is 1. The van der Waals surface area contributed by atoms with Gasteiger partial charge >= 0.3 is 0 Å². The molecule has 1 aromatic rings. The van der Waals surface area contributed by atoms with Crippen molar-refractivity contribution in [2.75, 3.05) is 20.7 Å². The van der Waals surface area contributed by atoms with E-state index >= 15 is 0 Å². The van der Waals surface area contributed by atoms with E-state index in [4.69, 9.17) is 16.3 Å². The molecule has 0 heterocycles. The summed E-state index contributed by atoms with van der Waals surface area (Å²) < 4.78 is 5.46. The van der Waals surface area contributed by atoms with Crippen LogP contribution in [0.25, 0.3) is 0 Å². The molecule has 0 aromatic heterocycles. The first kappa shape index (κ1) is 13.7. The summed E-state index contributed by atoms with van der Waals surface area (Å²) in [6.45, 7) is 2.89. The van der Waals surface area contributed by atoms with E-state index in [0.717, 1.165) is 28.4 Å². The highest BCUT2D eigenvalue weighted by molar-refractivity contribution is 6.31. The topological polar surface area (TPSA) is 33.3 Å².